The lowest BCUT2D eigenvalue weighted by Crippen LogP contribution is -2.16. The monoisotopic (exact) mass is 269 g/mol. The van der Waals surface area contributed by atoms with Gasteiger partial charge < -0.3 is 15.6 Å². The second-order valence-corrected chi connectivity index (χ2v) is 3.85. The van der Waals surface area contributed by atoms with Gasteiger partial charge in [-0.15, -0.1) is 13.2 Å². The maximum Gasteiger partial charge on any atom is 0.573 e. The van der Waals surface area contributed by atoms with Crippen LogP contribution in [-0.4, -0.2) is 11.5 Å². The fraction of sp³-hybridized carbons (Fsp3) is 0.0769. The van der Waals surface area contributed by atoms with Crippen molar-refractivity contribution in [2.24, 2.45) is 0 Å². The molecule has 0 amide bonds. The molecule has 3 nitrogen and oxygen atoms in total. The van der Waals surface area contributed by atoms with E-state index in [9.17, 15) is 18.3 Å². The topological polar surface area (TPSA) is 55.5 Å². The summed E-state index contributed by atoms with van der Waals surface area (Å²) in [5, 5.41) is 9.29. The average molecular weight is 269 g/mol. The van der Waals surface area contributed by atoms with Crippen LogP contribution in [0.4, 0.5) is 18.9 Å². The van der Waals surface area contributed by atoms with Crippen molar-refractivity contribution in [3.05, 3.63) is 42.5 Å². The van der Waals surface area contributed by atoms with Gasteiger partial charge in [0, 0.05) is 0 Å². The Morgan fingerprint density at radius 2 is 1.53 bits per heavy atom. The Morgan fingerprint density at radius 1 is 0.947 bits per heavy atom. The zero-order chi connectivity index (χ0) is 14.0. The molecule has 0 saturated heterocycles. The van der Waals surface area contributed by atoms with Crippen LogP contribution in [0, 0.1) is 0 Å². The van der Waals surface area contributed by atoms with E-state index in [1.807, 2.05) is 0 Å². The fourth-order valence-corrected chi connectivity index (χ4v) is 1.58. The number of halogens is 3. The zero-order valence-corrected chi connectivity index (χ0v) is 9.61. The molecule has 0 saturated carbocycles. The van der Waals surface area contributed by atoms with E-state index < -0.39 is 6.36 Å². The molecule has 2 rings (SSSR count). The highest BCUT2D eigenvalue weighted by Gasteiger charge is 2.30. The van der Waals surface area contributed by atoms with Crippen LogP contribution >= 0.6 is 0 Å². The van der Waals surface area contributed by atoms with Crippen LogP contribution in [0.2, 0.25) is 0 Å². The molecule has 0 heterocycles. The third-order valence-electron chi connectivity index (χ3n) is 2.45. The largest absolute Gasteiger partial charge is 0.573 e. The van der Waals surface area contributed by atoms with Crippen molar-refractivity contribution < 1.29 is 23.0 Å². The second kappa shape index (κ2) is 4.72. The van der Waals surface area contributed by atoms with Crippen LogP contribution in [0.5, 0.6) is 11.5 Å². The number of rotatable bonds is 2. The molecule has 3 N–H and O–H groups in total. The first-order valence-electron chi connectivity index (χ1n) is 5.30. The van der Waals surface area contributed by atoms with Crippen molar-refractivity contribution in [3.63, 3.8) is 0 Å². The molecule has 100 valence electrons. The number of aromatic hydroxyl groups is 1. The van der Waals surface area contributed by atoms with Crippen molar-refractivity contribution in [1.82, 2.24) is 0 Å². The van der Waals surface area contributed by atoms with E-state index in [1.54, 1.807) is 6.07 Å². The second-order valence-electron chi connectivity index (χ2n) is 3.85. The maximum atomic E-state index is 12.0. The summed E-state index contributed by atoms with van der Waals surface area (Å²) in [6.07, 6.45) is -4.70. The molecule has 0 fully saturated rings. The van der Waals surface area contributed by atoms with E-state index in [-0.39, 0.29) is 17.2 Å². The first-order valence-corrected chi connectivity index (χ1v) is 5.30. The number of phenols is 1. The minimum Gasteiger partial charge on any atom is -0.506 e. The summed E-state index contributed by atoms with van der Waals surface area (Å²) >= 11 is 0. The Labute approximate surface area is 107 Å². The fourth-order valence-electron chi connectivity index (χ4n) is 1.58. The van der Waals surface area contributed by atoms with Gasteiger partial charge in [-0.25, -0.2) is 0 Å². The molecular formula is C13H10F3NO2. The average Bonchev–Trinajstić information content (AvgIpc) is 2.32. The quantitative estimate of drug-likeness (QED) is 0.647. The summed E-state index contributed by atoms with van der Waals surface area (Å²) < 4.78 is 39.8. The zero-order valence-electron chi connectivity index (χ0n) is 9.61. The lowest BCUT2D eigenvalue weighted by molar-refractivity contribution is -0.274. The molecule has 19 heavy (non-hydrogen) atoms. The molecule has 0 aromatic heterocycles. The molecule has 0 aliphatic rings. The number of hydrogen-bond donors (Lipinski definition) is 2. The highest BCUT2D eigenvalue weighted by Crippen LogP contribution is 2.30. The van der Waals surface area contributed by atoms with E-state index in [0.29, 0.717) is 11.1 Å². The molecular weight excluding hydrogens is 259 g/mol. The summed E-state index contributed by atoms with van der Waals surface area (Å²) in [6.45, 7) is 0. The number of nitrogens with two attached hydrogens (primary N) is 1. The first-order chi connectivity index (χ1) is 8.85. The molecule has 2 aromatic rings. The predicted molar refractivity (Wildman–Crippen MR) is 64.6 cm³/mol. The van der Waals surface area contributed by atoms with Gasteiger partial charge in [-0.05, 0) is 35.4 Å². The van der Waals surface area contributed by atoms with Crippen molar-refractivity contribution in [2.75, 3.05) is 5.73 Å². The molecule has 0 spiro atoms. The summed E-state index contributed by atoms with van der Waals surface area (Å²) in [4.78, 5) is 0. The lowest BCUT2D eigenvalue weighted by Gasteiger charge is -2.09. The Balaban J connectivity index is 2.25. The minimum atomic E-state index is -4.70. The van der Waals surface area contributed by atoms with Crippen LogP contribution in [0.15, 0.2) is 42.5 Å². The highest BCUT2D eigenvalue weighted by molar-refractivity contribution is 5.70. The Kier molecular flexibility index (Phi) is 3.25. The molecule has 0 aliphatic carbocycles. The van der Waals surface area contributed by atoms with Crippen LogP contribution < -0.4 is 10.5 Å². The molecule has 0 aliphatic heterocycles. The molecule has 2 aromatic carbocycles. The first kappa shape index (κ1) is 13.1. The number of benzene rings is 2. The van der Waals surface area contributed by atoms with Gasteiger partial charge >= 0.3 is 6.36 Å². The number of nitrogen functional groups attached to an aromatic ring is 1. The Morgan fingerprint density at radius 3 is 2.05 bits per heavy atom. The van der Waals surface area contributed by atoms with E-state index in [1.165, 1.54) is 36.4 Å². The van der Waals surface area contributed by atoms with Crippen molar-refractivity contribution >= 4 is 5.69 Å². The molecule has 0 atom stereocenters. The molecule has 6 heteroatoms. The predicted octanol–water partition coefficient (Wildman–Crippen LogP) is 3.54. The van der Waals surface area contributed by atoms with Gasteiger partial charge in [-0.2, -0.15) is 0 Å². The summed E-state index contributed by atoms with van der Waals surface area (Å²) in [5.74, 6) is -0.330. The van der Waals surface area contributed by atoms with Gasteiger partial charge in [-0.3, -0.25) is 0 Å². The number of ether oxygens (including phenoxy) is 1. The van der Waals surface area contributed by atoms with Crippen molar-refractivity contribution in [1.29, 1.82) is 0 Å². The normalized spacial score (nSPS) is 11.3. The van der Waals surface area contributed by atoms with E-state index in [0.717, 1.165) is 0 Å². The van der Waals surface area contributed by atoms with Gasteiger partial charge in [0.1, 0.15) is 11.5 Å². The standard InChI is InChI=1S/C13H10F3NO2/c14-13(15,16)19-10-4-1-8(2-5-10)9-3-6-12(18)11(17)7-9/h1-7,18H,17H2. The Bertz CT molecular complexity index is 579. The SMILES string of the molecule is Nc1cc(-c2ccc(OC(F)(F)F)cc2)ccc1O. The van der Waals surface area contributed by atoms with Crippen molar-refractivity contribution in [3.8, 4) is 22.6 Å². The minimum absolute atomic E-state index is 0.0409. The van der Waals surface area contributed by atoms with Gasteiger partial charge in [0.05, 0.1) is 5.69 Å². The number of alkyl halides is 3. The van der Waals surface area contributed by atoms with Gasteiger partial charge in [0.25, 0.3) is 0 Å². The van der Waals surface area contributed by atoms with Crippen LogP contribution in [-0.2, 0) is 0 Å². The maximum absolute atomic E-state index is 12.0. The number of anilines is 1. The number of hydrogen-bond acceptors (Lipinski definition) is 3. The summed E-state index contributed by atoms with van der Waals surface area (Å²) in [6, 6.07) is 9.96. The summed E-state index contributed by atoms with van der Waals surface area (Å²) in [5.41, 5.74) is 7.11. The van der Waals surface area contributed by atoms with Gasteiger partial charge in [0.2, 0.25) is 0 Å². The van der Waals surface area contributed by atoms with Crippen LogP contribution in [0.25, 0.3) is 11.1 Å². The van der Waals surface area contributed by atoms with E-state index in [2.05, 4.69) is 4.74 Å². The van der Waals surface area contributed by atoms with Crippen molar-refractivity contribution in [2.45, 2.75) is 6.36 Å². The highest BCUT2D eigenvalue weighted by atomic mass is 19.4. The third-order valence-corrected chi connectivity index (χ3v) is 2.45. The summed E-state index contributed by atoms with van der Waals surface area (Å²) in [7, 11) is 0. The van der Waals surface area contributed by atoms with Gasteiger partial charge in [0.15, 0.2) is 0 Å². The lowest BCUT2D eigenvalue weighted by atomic mass is 10.0. The van der Waals surface area contributed by atoms with Crippen LogP contribution in [0.1, 0.15) is 0 Å². The molecule has 0 radical (unpaired) electrons. The smallest absolute Gasteiger partial charge is 0.506 e. The van der Waals surface area contributed by atoms with E-state index >= 15 is 0 Å². The van der Waals surface area contributed by atoms with E-state index in [4.69, 9.17) is 5.73 Å². The third kappa shape index (κ3) is 3.31. The molecule has 0 bridgehead atoms. The van der Waals surface area contributed by atoms with Gasteiger partial charge in [-0.1, -0.05) is 18.2 Å². The number of phenolic OH excluding ortho intramolecular Hbond substituents is 1. The van der Waals surface area contributed by atoms with Crippen LogP contribution in [0.3, 0.4) is 0 Å². The Hall–Kier alpha value is -2.37. The molecule has 0 unspecified atom stereocenters.